The van der Waals surface area contributed by atoms with Crippen molar-refractivity contribution in [3.05, 3.63) is 12.0 Å². The van der Waals surface area contributed by atoms with Crippen LogP contribution < -0.4 is 5.73 Å². The van der Waals surface area contributed by atoms with Crippen molar-refractivity contribution in [2.75, 3.05) is 7.05 Å². The standard InChI is InChI=1S/C9H17N5O2S/c1-4-7-12-5-8(13-7)17(15,16)14(3)6(2)9(10)11/h5-6H,4H2,1-3H3,(H3,10,11)(H,12,13). The number of aromatic amines is 1. The molecule has 8 heteroatoms. The second-order valence-electron chi connectivity index (χ2n) is 3.70. The quantitative estimate of drug-likeness (QED) is 0.506. The Kier molecular flexibility index (Phi) is 3.89. The third-order valence-corrected chi connectivity index (χ3v) is 4.43. The van der Waals surface area contributed by atoms with Crippen molar-refractivity contribution in [2.24, 2.45) is 5.73 Å². The Morgan fingerprint density at radius 3 is 2.71 bits per heavy atom. The van der Waals surface area contributed by atoms with Gasteiger partial charge in [-0.05, 0) is 6.92 Å². The molecule has 0 bridgehead atoms. The number of hydrogen-bond acceptors (Lipinski definition) is 4. The molecule has 0 radical (unpaired) electrons. The Balaban J connectivity index is 3.06. The monoisotopic (exact) mass is 259 g/mol. The van der Waals surface area contributed by atoms with Crippen molar-refractivity contribution >= 4 is 15.9 Å². The van der Waals surface area contributed by atoms with Crippen LogP contribution in [0.25, 0.3) is 0 Å². The molecular formula is C9H17N5O2S. The molecule has 0 saturated heterocycles. The molecule has 0 fully saturated rings. The number of amidine groups is 1. The summed E-state index contributed by atoms with van der Waals surface area (Å²) in [5.41, 5.74) is 5.29. The molecule has 0 aliphatic heterocycles. The minimum atomic E-state index is -3.68. The molecule has 96 valence electrons. The number of nitrogens with zero attached hydrogens (tertiary/aromatic N) is 2. The van der Waals surface area contributed by atoms with Gasteiger partial charge in [0.1, 0.15) is 11.7 Å². The van der Waals surface area contributed by atoms with Crippen LogP contribution in [-0.4, -0.2) is 41.6 Å². The van der Waals surface area contributed by atoms with Crippen LogP contribution in [0.2, 0.25) is 0 Å². The van der Waals surface area contributed by atoms with Crippen molar-refractivity contribution < 1.29 is 8.42 Å². The first kappa shape index (κ1) is 13.7. The van der Waals surface area contributed by atoms with Crippen LogP contribution in [0, 0.1) is 5.41 Å². The van der Waals surface area contributed by atoms with E-state index in [4.69, 9.17) is 11.1 Å². The summed E-state index contributed by atoms with van der Waals surface area (Å²) < 4.78 is 25.3. The first-order valence-corrected chi connectivity index (χ1v) is 6.60. The Labute approximate surface area is 101 Å². The lowest BCUT2D eigenvalue weighted by Crippen LogP contribution is -2.43. The van der Waals surface area contributed by atoms with Gasteiger partial charge in [0.2, 0.25) is 0 Å². The molecule has 0 spiro atoms. The minimum Gasteiger partial charge on any atom is -0.386 e. The van der Waals surface area contributed by atoms with Gasteiger partial charge < -0.3 is 10.7 Å². The number of likely N-dealkylation sites (N-methyl/N-ethyl adjacent to an activating group) is 1. The number of nitrogens with two attached hydrogens (primary N) is 1. The highest BCUT2D eigenvalue weighted by Gasteiger charge is 2.28. The molecule has 1 heterocycles. The lowest BCUT2D eigenvalue weighted by atomic mass is 10.3. The van der Waals surface area contributed by atoms with Gasteiger partial charge in [0.25, 0.3) is 10.0 Å². The summed E-state index contributed by atoms with van der Waals surface area (Å²) in [6, 6.07) is -0.687. The van der Waals surface area contributed by atoms with E-state index in [1.165, 1.54) is 13.2 Å². The summed E-state index contributed by atoms with van der Waals surface area (Å²) in [7, 11) is -2.30. The predicted octanol–water partition coefficient (Wildman–Crippen LogP) is -0.0829. The highest BCUT2D eigenvalue weighted by molar-refractivity contribution is 7.89. The van der Waals surface area contributed by atoms with Crippen LogP contribution in [-0.2, 0) is 16.4 Å². The maximum atomic E-state index is 12.1. The van der Waals surface area contributed by atoms with Crippen LogP contribution in [0.4, 0.5) is 0 Å². The van der Waals surface area contributed by atoms with Crippen LogP contribution in [0.1, 0.15) is 19.7 Å². The lowest BCUT2D eigenvalue weighted by molar-refractivity contribution is 0.446. The van der Waals surface area contributed by atoms with Gasteiger partial charge in [-0.15, -0.1) is 0 Å². The number of sulfonamides is 1. The molecule has 1 aromatic rings. The largest absolute Gasteiger partial charge is 0.386 e. The smallest absolute Gasteiger partial charge is 0.260 e. The molecule has 1 unspecified atom stereocenters. The van der Waals surface area contributed by atoms with E-state index in [0.717, 1.165) is 4.31 Å². The lowest BCUT2D eigenvalue weighted by Gasteiger charge is -2.22. The van der Waals surface area contributed by atoms with E-state index in [2.05, 4.69) is 9.97 Å². The van der Waals surface area contributed by atoms with Crippen LogP contribution in [0.15, 0.2) is 11.2 Å². The average Bonchev–Trinajstić information content (AvgIpc) is 2.75. The molecule has 7 nitrogen and oxygen atoms in total. The fourth-order valence-corrected chi connectivity index (χ4v) is 2.49. The van der Waals surface area contributed by atoms with E-state index in [1.807, 2.05) is 6.92 Å². The van der Waals surface area contributed by atoms with Gasteiger partial charge >= 0.3 is 0 Å². The number of nitrogens with one attached hydrogen (secondary N) is 2. The maximum absolute atomic E-state index is 12.1. The third kappa shape index (κ3) is 2.64. The Bertz CT molecular complexity index is 507. The normalized spacial score (nSPS) is 13.9. The van der Waals surface area contributed by atoms with E-state index >= 15 is 0 Å². The fourth-order valence-electron chi connectivity index (χ4n) is 1.21. The van der Waals surface area contributed by atoms with Crippen molar-refractivity contribution in [3.63, 3.8) is 0 Å². The minimum absolute atomic E-state index is 0.0185. The van der Waals surface area contributed by atoms with E-state index in [0.29, 0.717) is 12.2 Å². The molecule has 0 aliphatic carbocycles. The van der Waals surface area contributed by atoms with Crippen molar-refractivity contribution in [1.82, 2.24) is 14.3 Å². The summed E-state index contributed by atoms with van der Waals surface area (Å²) in [6.07, 6.45) is 1.90. The number of hydrogen-bond donors (Lipinski definition) is 3. The summed E-state index contributed by atoms with van der Waals surface area (Å²) in [5.74, 6) is 0.402. The zero-order chi connectivity index (χ0) is 13.2. The second-order valence-corrected chi connectivity index (χ2v) is 5.67. The van der Waals surface area contributed by atoms with Gasteiger partial charge in [-0.2, -0.15) is 4.31 Å². The van der Waals surface area contributed by atoms with Crippen LogP contribution in [0.3, 0.4) is 0 Å². The molecule has 0 aromatic carbocycles. The SMILES string of the molecule is CCc1ncc(S(=O)(=O)N(C)C(C)C(=N)N)[nH]1. The van der Waals surface area contributed by atoms with E-state index in [-0.39, 0.29) is 10.9 Å². The molecule has 0 aliphatic rings. The zero-order valence-corrected chi connectivity index (χ0v) is 10.9. The van der Waals surface area contributed by atoms with Gasteiger partial charge in [0.15, 0.2) is 5.03 Å². The number of aryl methyl sites for hydroxylation is 1. The van der Waals surface area contributed by atoms with Gasteiger partial charge in [-0.3, -0.25) is 5.41 Å². The highest BCUT2D eigenvalue weighted by atomic mass is 32.2. The van der Waals surface area contributed by atoms with Gasteiger partial charge in [-0.1, -0.05) is 6.92 Å². The van der Waals surface area contributed by atoms with Crippen LogP contribution >= 0.6 is 0 Å². The van der Waals surface area contributed by atoms with Crippen molar-refractivity contribution in [3.8, 4) is 0 Å². The molecule has 1 rings (SSSR count). The second kappa shape index (κ2) is 4.84. The van der Waals surface area contributed by atoms with Gasteiger partial charge in [0.05, 0.1) is 12.2 Å². The molecular weight excluding hydrogens is 242 g/mol. The topological polar surface area (TPSA) is 116 Å². The maximum Gasteiger partial charge on any atom is 0.260 e. The fraction of sp³-hybridized carbons (Fsp3) is 0.556. The molecule has 17 heavy (non-hydrogen) atoms. The van der Waals surface area contributed by atoms with Crippen molar-refractivity contribution in [1.29, 1.82) is 5.41 Å². The highest BCUT2D eigenvalue weighted by Crippen LogP contribution is 2.14. The number of aromatic nitrogens is 2. The van der Waals surface area contributed by atoms with E-state index in [9.17, 15) is 8.42 Å². The van der Waals surface area contributed by atoms with E-state index in [1.54, 1.807) is 6.92 Å². The number of H-pyrrole nitrogens is 1. The summed E-state index contributed by atoms with van der Waals surface area (Å²) in [6.45, 7) is 3.42. The molecule has 4 N–H and O–H groups in total. The van der Waals surface area contributed by atoms with Gasteiger partial charge in [-0.25, -0.2) is 13.4 Å². The molecule has 1 aromatic heterocycles. The first-order chi connectivity index (χ1) is 7.80. The Hall–Kier alpha value is -1.41. The molecule has 0 saturated carbocycles. The Morgan fingerprint density at radius 1 is 1.71 bits per heavy atom. The zero-order valence-electron chi connectivity index (χ0n) is 10.1. The van der Waals surface area contributed by atoms with Gasteiger partial charge in [0, 0.05) is 13.5 Å². The summed E-state index contributed by atoms with van der Waals surface area (Å²) in [4.78, 5) is 6.67. The number of rotatable bonds is 5. The number of imidazole rings is 1. The summed E-state index contributed by atoms with van der Waals surface area (Å²) in [5, 5.41) is 7.28. The van der Waals surface area contributed by atoms with Crippen LogP contribution in [0.5, 0.6) is 0 Å². The Morgan fingerprint density at radius 2 is 2.29 bits per heavy atom. The van der Waals surface area contributed by atoms with E-state index < -0.39 is 16.1 Å². The average molecular weight is 259 g/mol. The molecule has 1 atom stereocenters. The first-order valence-electron chi connectivity index (χ1n) is 5.16. The van der Waals surface area contributed by atoms with Crippen molar-refractivity contribution in [2.45, 2.75) is 31.3 Å². The summed E-state index contributed by atoms with van der Waals surface area (Å²) >= 11 is 0. The third-order valence-electron chi connectivity index (χ3n) is 2.59. The molecule has 0 amide bonds. The predicted molar refractivity (Wildman–Crippen MR) is 64.3 cm³/mol.